The molecule has 1 heterocycles. The number of aromatic hydroxyl groups is 1. The summed E-state index contributed by atoms with van der Waals surface area (Å²) in [5.74, 6) is 1.12. The first-order valence-corrected chi connectivity index (χ1v) is 5.86. The first kappa shape index (κ1) is 12.0. The van der Waals surface area contributed by atoms with Gasteiger partial charge in [0.05, 0.1) is 0 Å². The predicted molar refractivity (Wildman–Crippen MR) is 65.7 cm³/mol. The van der Waals surface area contributed by atoms with E-state index >= 15 is 0 Å². The minimum atomic E-state index is -0.729. The van der Waals surface area contributed by atoms with Crippen LogP contribution in [0.5, 0.6) is 11.5 Å². The maximum Gasteiger partial charge on any atom is 0.163 e. The Kier molecular flexibility index (Phi) is 2.64. The number of phenols is 1. The van der Waals surface area contributed by atoms with Crippen LogP contribution in [0.2, 0.25) is 0 Å². The lowest BCUT2D eigenvalue weighted by atomic mass is 9.88. The average Bonchev–Trinajstić information content (AvgIpc) is 2.33. The standard InChI is InChI=1S/C14H18O3/c1-8-9(2)13-11(10(3)12(8)16)5-6-14(4,7-15)17-13/h7,16H,5-6H2,1-4H3. The van der Waals surface area contributed by atoms with Gasteiger partial charge in [0, 0.05) is 5.56 Å². The van der Waals surface area contributed by atoms with E-state index in [9.17, 15) is 9.90 Å². The highest BCUT2D eigenvalue weighted by molar-refractivity contribution is 5.66. The summed E-state index contributed by atoms with van der Waals surface area (Å²) in [5.41, 5.74) is 2.93. The van der Waals surface area contributed by atoms with Gasteiger partial charge in [-0.15, -0.1) is 0 Å². The Bertz CT molecular complexity index is 491. The second kappa shape index (κ2) is 3.76. The van der Waals surface area contributed by atoms with Crippen molar-refractivity contribution in [2.24, 2.45) is 0 Å². The van der Waals surface area contributed by atoms with Crippen molar-refractivity contribution in [1.82, 2.24) is 0 Å². The molecule has 0 saturated carbocycles. The fourth-order valence-electron chi connectivity index (χ4n) is 2.35. The van der Waals surface area contributed by atoms with E-state index in [2.05, 4.69) is 0 Å². The third-order valence-corrected chi connectivity index (χ3v) is 3.80. The van der Waals surface area contributed by atoms with Gasteiger partial charge in [-0.05, 0) is 57.2 Å². The number of benzene rings is 1. The molecule has 1 N–H and O–H groups in total. The van der Waals surface area contributed by atoms with Gasteiger partial charge in [-0.3, -0.25) is 4.79 Å². The van der Waals surface area contributed by atoms with Gasteiger partial charge in [-0.2, -0.15) is 0 Å². The molecule has 0 saturated heterocycles. The Labute approximate surface area is 101 Å². The van der Waals surface area contributed by atoms with Crippen molar-refractivity contribution < 1.29 is 14.6 Å². The van der Waals surface area contributed by atoms with Gasteiger partial charge in [-0.1, -0.05) is 0 Å². The van der Waals surface area contributed by atoms with E-state index in [1.807, 2.05) is 20.8 Å². The van der Waals surface area contributed by atoms with Crippen LogP contribution in [0.25, 0.3) is 0 Å². The average molecular weight is 234 g/mol. The number of phenolic OH excluding ortho intramolecular Hbond substituents is 1. The molecule has 1 aliphatic rings. The molecule has 2 rings (SSSR count). The summed E-state index contributed by atoms with van der Waals surface area (Å²) in [6.07, 6.45) is 2.30. The number of carbonyl (C=O) groups is 1. The molecule has 1 unspecified atom stereocenters. The molecule has 0 radical (unpaired) electrons. The molecule has 0 aromatic heterocycles. The molecule has 0 spiro atoms. The summed E-state index contributed by atoms with van der Waals surface area (Å²) < 4.78 is 5.84. The van der Waals surface area contributed by atoms with Gasteiger partial charge >= 0.3 is 0 Å². The molecule has 17 heavy (non-hydrogen) atoms. The van der Waals surface area contributed by atoms with Crippen LogP contribution in [0, 0.1) is 20.8 Å². The molecule has 1 aliphatic heterocycles. The zero-order valence-electron chi connectivity index (χ0n) is 10.8. The van der Waals surface area contributed by atoms with Crippen molar-refractivity contribution in [2.75, 3.05) is 0 Å². The van der Waals surface area contributed by atoms with Crippen molar-refractivity contribution in [2.45, 2.75) is 46.1 Å². The zero-order valence-corrected chi connectivity index (χ0v) is 10.8. The van der Waals surface area contributed by atoms with Crippen LogP contribution in [0.1, 0.15) is 35.6 Å². The largest absolute Gasteiger partial charge is 0.507 e. The SMILES string of the molecule is Cc1c(C)c2c(c(C)c1O)CCC(C)(C=O)O2. The number of fused-ring (bicyclic) bond motifs is 1. The van der Waals surface area contributed by atoms with Gasteiger partial charge < -0.3 is 9.84 Å². The minimum absolute atomic E-state index is 0.347. The topological polar surface area (TPSA) is 46.5 Å². The highest BCUT2D eigenvalue weighted by Gasteiger charge is 2.34. The van der Waals surface area contributed by atoms with Crippen LogP contribution in [-0.4, -0.2) is 17.0 Å². The molecular formula is C14H18O3. The summed E-state index contributed by atoms with van der Waals surface area (Å²) in [5, 5.41) is 10.0. The smallest absolute Gasteiger partial charge is 0.163 e. The van der Waals surface area contributed by atoms with Crippen molar-refractivity contribution in [3.63, 3.8) is 0 Å². The van der Waals surface area contributed by atoms with Crippen molar-refractivity contribution in [3.8, 4) is 11.5 Å². The second-order valence-corrected chi connectivity index (χ2v) is 5.06. The Hall–Kier alpha value is -1.51. The fourth-order valence-corrected chi connectivity index (χ4v) is 2.35. The first-order valence-electron chi connectivity index (χ1n) is 5.86. The lowest BCUT2D eigenvalue weighted by molar-refractivity contribution is -0.121. The number of carbonyl (C=O) groups excluding carboxylic acids is 1. The van der Waals surface area contributed by atoms with Crippen LogP contribution in [0.4, 0.5) is 0 Å². The minimum Gasteiger partial charge on any atom is -0.507 e. The van der Waals surface area contributed by atoms with Gasteiger partial charge in [0.15, 0.2) is 11.9 Å². The van der Waals surface area contributed by atoms with Crippen molar-refractivity contribution in [3.05, 3.63) is 22.3 Å². The molecule has 0 aliphatic carbocycles. The highest BCUT2D eigenvalue weighted by Crippen LogP contribution is 2.42. The van der Waals surface area contributed by atoms with Crippen LogP contribution in [0.3, 0.4) is 0 Å². The predicted octanol–water partition coefficient (Wildman–Crippen LogP) is 2.60. The maximum atomic E-state index is 11.1. The normalized spacial score (nSPS) is 22.8. The van der Waals surface area contributed by atoms with E-state index in [0.29, 0.717) is 12.2 Å². The number of rotatable bonds is 1. The number of aldehydes is 1. The summed E-state index contributed by atoms with van der Waals surface area (Å²) in [6.45, 7) is 7.49. The number of hydrogen-bond donors (Lipinski definition) is 1. The molecule has 3 nitrogen and oxygen atoms in total. The van der Waals surface area contributed by atoms with Crippen molar-refractivity contribution >= 4 is 6.29 Å². The summed E-state index contributed by atoms with van der Waals surface area (Å²) in [7, 11) is 0. The maximum absolute atomic E-state index is 11.1. The van der Waals surface area contributed by atoms with E-state index < -0.39 is 5.60 Å². The Balaban J connectivity index is 2.63. The molecule has 3 heteroatoms. The van der Waals surface area contributed by atoms with Gasteiger partial charge in [0.2, 0.25) is 0 Å². The van der Waals surface area contributed by atoms with E-state index in [4.69, 9.17) is 4.74 Å². The molecule has 1 atom stereocenters. The van der Waals surface area contributed by atoms with Gasteiger partial charge in [0.1, 0.15) is 11.5 Å². The molecule has 1 aromatic rings. The zero-order chi connectivity index (χ0) is 12.8. The highest BCUT2D eigenvalue weighted by atomic mass is 16.5. The van der Waals surface area contributed by atoms with Crippen LogP contribution < -0.4 is 4.74 Å². The van der Waals surface area contributed by atoms with Gasteiger partial charge in [0.25, 0.3) is 0 Å². The second-order valence-electron chi connectivity index (χ2n) is 5.06. The Morgan fingerprint density at radius 3 is 2.47 bits per heavy atom. The molecule has 92 valence electrons. The van der Waals surface area contributed by atoms with Gasteiger partial charge in [-0.25, -0.2) is 0 Å². The Morgan fingerprint density at radius 1 is 1.24 bits per heavy atom. The van der Waals surface area contributed by atoms with E-state index in [-0.39, 0.29) is 0 Å². The van der Waals surface area contributed by atoms with Crippen LogP contribution in [0.15, 0.2) is 0 Å². The molecule has 0 fully saturated rings. The number of hydrogen-bond acceptors (Lipinski definition) is 3. The number of ether oxygens (including phenoxy) is 1. The lowest BCUT2D eigenvalue weighted by Gasteiger charge is -2.34. The summed E-state index contributed by atoms with van der Waals surface area (Å²) >= 11 is 0. The summed E-state index contributed by atoms with van der Waals surface area (Å²) in [6, 6.07) is 0. The summed E-state index contributed by atoms with van der Waals surface area (Å²) in [4.78, 5) is 11.1. The van der Waals surface area contributed by atoms with Crippen LogP contribution in [-0.2, 0) is 11.2 Å². The monoisotopic (exact) mass is 234 g/mol. The van der Waals surface area contributed by atoms with E-state index in [0.717, 1.165) is 40.7 Å². The fraction of sp³-hybridized carbons (Fsp3) is 0.500. The molecule has 0 bridgehead atoms. The van der Waals surface area contributed by atoms with Crippen LogP contribution >= 0.6 is 0 Å². The third-order valence-electron chi connectivity index (χ3n) is 3.80. The van der Waals surface area contributed by atoms with E-state index in [1.54, 1.807) is 6.92 Å². The lowest BCUT2D eigenvalue weighted by Crippen LogP contribution is -2.38. The Morgan fingerprint density at radius 2 is 1.88 bits per heavy atom. The quantitative estimate of drug-likeness (QED) is 0.760. The molecular weight excluding hydrogens is 216 g/mol. The third kappa shape index (κ3) is 1.70. The molecule has 0 amide bonds. The van der Waals surface area contributed by atoms with Crippen molar-refractivity contribution in [1.29, 1.82) is 0 Å². The first-order chi connectivity index (χ1) is 7.89. The molecule has 1 aromatic carbocycles. The van der Waals surface area contributed by atoms with E-state index in [1.165, 1.54) is 0 Å².